The molecule has 0 spiro atoms. The first-order chi connectivity index (χ1) is 10.1. The van der Waals surface area contributed by atoms with Crippen molar-refractivity contribution < 1.29 is 9.13 Å². The van der Waals surface area contributed by atoms with Crippen LogP contribution in [0.5, 0.6) is 5.88 Å². The highest BCUT2D eigenvalue weighted by atomic mass is 79.9. The molecule has 0 radical (unpaired) electrons. The van der Waals surface area contributed by atoms with Gasteiger partial charge in [-0.1, -0.05) is 30.7 Å². The molecule has 2 rings (SSSR count). The molecule has 0 saturated carbocycles. The molecule has 2 aromatic rings. The summed E-state index contributed by atoms with van der Waals surface area (Å²) < 4.78 is 20.3. The van der Waals surface area contributed by atoms with Crippen LogP contribution in [-0.4, -0.2) is 18.6 Å². The molecule has 0 aliphatic carbocycles. The number of hydrogen-bond acceptors (Lipinski definition) is 3. The van der Waals surface area contributed by atoms with Crippen molar-refractivity contribution in [3.8, 4) is 5.88 Å². The lowest BCUT2D eigenvalue weighted by Gasteiger charge is -2.21. The number of hydrogen-bond donors (Lipinski definition) is 1. The summed E-state index contributed by atoms with van der Waals surface area (Å²) in [7, 11) is 1.54. The van der Waals surface area contributed by atoms with Crippen LogP contribution in [0, 0.1) is 5.82 Å². The molecule has 112 valence electrons. The minimum Gasteiger partial charge on any atom is -0.481 e. The Balaban J connectivity index is 2.56. The second-order valence-electron chi connectivity index (χ2n) is 4.36. The molecular formula is C15H15BrClFN2O. The van der Waals surface area contributed by atoms with Crippen molar-refractivity contribution in [1.29, 1.82) is 0 Å². The molecule has 0 aliphatic rings. The minimum absolute atomic E-state index is 0.0678. The van der Waals surface area contributed by atoms with Crippen LogP contribution in [0.25, 0.3) is 0 Å². The topological polar surface area (TPSA) is 34.2 Å². The molecule has 1 heterocycles. The Morgan fingerprint density at radius 3 is 2.81 bits per heavy atom. The van der Waals surface area contributed by atoms with Crippen LogP contribution in [0.4, 0.5) is 4.39 Å². The molecule has 0 fully saturated rings. The molecule has 1 unspecified atom stereocenters. The van der Waals surface area contributed by atoms with E-state index < -0.39 is 5.82 Å². The Morgan fingerprint density at radius 2 is 2.14 bits per heavy atom. The van der Waals surface area contributed by atoms with Gasteiger partial charge in [0.05, 0.1) is 18.2 Å². The lowest BCUT2D eigenvalue weighted by atomic mass is 9.99. The first kappa shape index (κ1) is 16.2. The van der Waals surface area contributed by atoms with E-state index in [9.17, 15) is 4.39 Å². The third-order valence-corrected chi connectivity index (χ3v) is 4.35. The van der Waals surface area contributed by atoms with E-state index in [-0.39, 0.29) is 11.1 Å². The highest BCUT2D eigenvalue weighted by molar-refractivity contribution is 9.10. The summed E-state index contributed by atoms with van der Waals surface area (Å²) in [6, 6.07) is 6.69. The van der Waals surface area contributed by atoms with Crippen LogP contribution < -0.4 is 10.1 Å². The van der Waals surface area contributed by atoms with Crippen LogP contribution in [0.1, 0.15) is 24.1 Å². The Morgan fingerprint density at radius 1 is 1.38 bits per heavy atom. The van der Waals surface area contributed by atoms with Gasteiger partial charge in [0.15, 0.2) is 0 Å². The maximum absolute atomic E-state index is 14.5. The second kappa shape index (κ2) is 7.20. The molecule has 21 heavy (non-hydrogen) atoms. The zero-order valence-corrected chi connectivity index (χ0v) is 14.0. The van der Waals surface area contributed by atoms with Gasteiger partial charge in [-0.15, -0.1) is 0 Å². The van der Waals surface area contributed by atoms with E-state index in [0.717, 1.165) is 5.56 Å². The zero-order chi connectivity index (χ0) is 15.4. The summed E-state index contributed by atoms with van der Waals surface area (Å²) in [5.41, 5.74) is 1.22. The number of nitrogens with zero attached hydrogens (tertiary/aromatic N) is 1. The first-order valence-corrected chi connectivity index (χ1v) is 7.62. The predicted molar refractivity (Wildman–Crippen MR) is 85.4 cm³/mol. The molecule has 1 aromatic heterocycles. The van der Waals surface area contributed by atoms with E-state index in [1.165, 1.54) is 0 Å². The minimum atomic E-state index is -0.456. The van der Waals surface area contributed by atoms with Gasteiger partial charge in [-0.05, 0) is 34.6 Å². The molecule has 1 N–H and O–H groups in total. The molecular weight excluding hydrogens is 359 g/mol. The van der Waals surface area contributed by atoms with Crippen molar-refractivity contribution in [3.63, 3.8) is 0 Å². The second-order valence-corrected chi connectivity index (χ2v) is 5.59. The van der Waals surface area contributed by atoms with Crippen molar-refractivity contribution in [2.45, 2.75) is 13.0 Å². The van der Waals surface area contributed by atoms with Gasteiger partial charge in [-0.2, -0.15) is 0 Å². The van der Waals surface area contributed by atoms with Gasteiger partial charge >= 0.3 is 0 Å². The van der Waals surface area contributed by atoms with Crippen LogP contribution in [-0.2, 0) is 0 Å². The average molecular weight is 374 g/mol. The number of rotatable bonds is 5. The fourth-order valence-electron chi connectivity index (χ4n) is 2.15. The normalized spacial score (nSPS) is 12.2. The fraction of sp³-hybridized carbons (Fsp3) is 0.267. The maximum Gasteiger partial charge on any atom is 0.218 e. The van der Waals surface area contributed by atoms with Gasteiger partial charge in [-0.25, -0.2) is 9.37 Å². The Bertz CT molecular complexity index is 639. The van der Waals surface area contributed by atoms with E-state index in [0.29, 0.717) is 22.5 Å². The summed E-state index contributed by atoms with van der Waals surface area (Å²) in [6.45, 7) is 2.62. The van der Waals surface area contributed by atoms with Crippen molar-refractivity contribution in [2.75, 3.05) is 13.7 Å². The van der Waals surface area contributed by atoms with Gasteiger partial charge in [-0.3, -0.25) is 0 Å². The van der Waals surface area contributed by atoms with Gasteiger partial charge in [0, 0.05) is 21.8 Å². The number of methoxy groups -OCH3 is 1. The lowest BCUT2D eigenvalue weighted by Crippen LogP contribution is -2.24. The third-order valence-electron chi connectivity index (χ3n) is 3.09. The predicted octanol–water partition coefficient (Wildman–Crippen LogP) is 4.34. The number of pyridine rings is 1. The molecule has 1 aromatic carbocycles. The molecule has 0 amide bonds. The third kappa shape index (κ3) is 3.36. The largest absolute Gasteiger partial charge is 0.481 e. The highest BCUT2D eigenvalue weighted by Gasteiger charge is 2.23. The van der Waals surface area contributed by atoms with E-state index in [1.807, 2.05) is 13.0 Å². The fourth-order valence-corrected chi connectivity index (χ4v) is 2.63. The SMILES string of the molecule is CCNC(c1cccnc1OC)c1ccc(Br)c(Cl)c1F. The Hall–Kier alpha value is -1.17. The number of halogens is 3. The van der Waals surface area contributed by atoms with Crippen LogP contribution >= 0.6 is 27.5 Å². The van der Waals surface area contributed by atoms with Crippen LogP contribution in [0.2, 0.25) is 5.02 Å². The van der Waals surface area contributed by atoms with Crippen molar-refractivity contribution in [2.24, 2.45) is 0 Å². The smallest absolute Gasteiger partial charge is 0.218 e. The standard InChI is InChI=1S/C15H15BrClFN2O/c1-3-19-14(10-5-4-8-20-15(10)21-2)9-6-7-11(16)12(17)13(9)18/h4-8,14,19H,3H2,1-2H3. The number of nitrogens with one attached hydrogen (secondary N) is 1. The van der Waals surface area contributed by atoms with Crippen LogP contribution in [0.15, 0.2) is 34.9 Å². The van der Waals surface area contributed by atoms with Crippen LogP contribution in [0.3, 0.4) is 0 Å². The average Bonchev–Trinajstić information content (AvgIpc) is 2.51. The quantitative estimate of drug-likeness (QED) is 0.792. The highest BCUT2D eigenvalue weighted by Crippen LogP contribution is 2.35. The van der Waals surface area contributed by atoms with E-state index in [2.05, 4.69) is 26.2 Å². The number of ether oxygens (including phenoxy) is 1. The monoisotopic (exact) mass is 372 g/mol. The summed E-state index contributed by atoms with van der Waals surface area (Å²) in [5.74, 6) is 0.00443. The molecule has 0 bridgehead atoms. The molecule has 1 atom stereocenters. The Labute approximate surface area is 136 Å². The number of benzene rings is 1. The summed E-state index contributed by atoms with van der Waals surface area (Å²) in [5, 5.41) is 3.31. The molecule has 0 saturated heterocycles. The maximum atomic E-state index is 14.5. The molecule has 0 aliphatic heterocycles. The van der Waals surface area contributed by atoms with Gasteiger partial charge < -0.3 is 10.1 Å². The van der Waals surface area contributed by atoms with Crippen molar-refractivity contribution >= 4 is 27.5 Å². The van der Waals surface area contributed by atoms with Gasteiger partial charge in [0.25, 0.3) is 0 Å². The molecule has 3 nitrogen and oxygen atoms in total. The molecule has 6 heteroatoms. The summed E-state index contributed by atoms with van der Waals surface area (Å²) in [6.07, 6.45) is 1.64. The zero-order valence-electron chi connectivity index (χ0n) is 11.7. The number of aromatic nitrogens is 1. The van der Waals surface area contributed by atoms with Crippen molar-refractivity contribution in [1.82, 2.24) is 10.3 Å². The summed E-state index contributed by atoms with van der Waals surface area (Å²) in [4.78, 5) is 4.17. The van der Waals surface area contributed by atoms with Gasteiger partial charge in [0.1, 0.15) is 5.82 Å². The van der Waals surface area contributed by atoms with Gasteiger partial charge in [0.2, 0.25) is 5.88 Å². The van der Waals surface area contributed by atoms with E-state index in [1.54, 1.807) is 31.5 Å². The lowest BCUT2D eigenvalue weighted by molar-refractivity contribution is 0.386. The van der Waals surface area contributed by atoms with Crippen molar-refractivity contribution in [3.05, 3.63) is 56.9 Å². The van der Waals surface area contributed by atoms with E-state index >= 15 is 0 Å². The Kier molecular flexibility index (Phi) is 5.56. The van der Waals surface area contributed by atoms with E-state index in [4.69, 9.17) is 16.3 Å². The summed E-state index contributed by atoms with van der Waals surface area (Å²) >= 11 is 9.21. The first-order valence-electron chi connectivity index (χ1n) is 6.45.